The van der Waals surface area contributed by atoms with Gasteiger partial charge < -0.3 is 15.2 Å². The first-order valence-corrected chi connectivity index (χ1v) is 7.70. The van der Waals surface area contributed by atoms with Crippen LogP contribution in [0.1, 0.15) is 39.3 Å². The summed E-state index contributed by atoms with van der Waals surface area (Å²) in [4.78, 5) is 2.38. The third-order valence-corrected chi connectivity index (χ3v) is 4.14. The SMILES string of the molecule is CCN(CC)C(C)(C)C(N)c1ccccc1OCCOC. The van der Waals surface area contributed by atoms with E-state index in [9.17, 15) is 0 Å². The fraction of sp³-hybridized carbons (Fsp3) is 0.647. The molecule has 0 aromatic heterocycles. The lowest BCUT2D eigenvalue weighted by Gasteiger charge is -2.42. The topological polar surface area (TPSA) is 47.7 Å². The maximum atomic E-state index is 6.58. The van der Waals surface area contributed by atoms with Crippen LogP contribution in [0.5, 0.6) is 5.75 Å². The molecule has 0 heterocycles. The van der Waals surface area contributed by atoms with Gasteiger partial charge in [0.1, 0.15) is 12.4 Å². The predicted molar refractivity (Wildman–Crippen MR) is 87.7 cm³/mol. The number of nitrogens with two attached hydrogens (primary N) is 1. The molecule has 0 aliphatic heterocycles. The number of likely N-dealkylation sites (N-methyl/N-ethyl adjacent to an activating group) is 1. The highest BCUT2D eigenvalue weighted by atomic mass is 16.5. The molecule has 0 fully saturated rings. The summed E-state index contributed by atoms with van der Waals surface area (Å²) >= 11 is 0. The van der Waals surface area contributed by atoms with Gasteiger partial charge in [-0.3, -0.25) is 4.90 Å². The fourth-order valence-corrected chi connectivity index (χ4v) is 2.72. The van der Waals surface area contributed by atoms with E-state index in [1.807, 2.05) is 18.2 Å². The third-order valence-electron chi connectivity index (χ3n) is 4.14. The summed E-state index contributed by atoms with van der Waals surface area (Å²) in [6.07, 6.45) is 0. The Balaban J connectivity index is 2.97. The van der Waals surface area contributed by atoms with Crippen molar-refractivity contribution in [3.8, 4) is 5.75 Å². The van der Waals surface area contributed by atoms with Gasteiger partial charge in [-0.1, -0.05) is 32.0 Å². The number of hydrogen-bond acceptors (Lipinski definition) is 4. The molecule has 0 saturated heterocycles. The Kier molecular flexibility index (Phi) is 7.15. The van der Waals surface area contributed by atoms with Gasteiger partial charge in [-0.05, 0) is 33.0 Å². The lowest BCUT2D eigenvalue weighted by molar-refractivity contribution is 0.104. The van der Waals surface area contributed by atoms with E-state index in [1.54, 1.807) is 7.11 Å². The van der Waals surface area contributed by atoms with Gasteiger partial charge in [-0.25, -0.2) is 0 Å². The highest BCUT2D eigenvalue weighted by Gasteiger charge is 2.33. The van der Waals surface area contributed by atoms with Gasteiger partial charge in [-0.2, -0.15) is 0 Å². The summed E-state index contributed by atoms with van der Waals surface area (Å²) in [5, 5.41) is 0. The number of para-hydroxylation sites is 1. The van der Waals surface area contributed by atoms with E-state index in [0.29, 0.717) is 13.2 Å². The summed E-state index contributed by atoms with van der Waals surface area (Å²) in [5.74, 6) is 0.849. The molecule has 0 bridgehead atoms. The summed E-state index contributed by atoms with van der Waals surface area (Å²) in [6.45, 7) is 11.8. The molecular weight excluding hydrogens is 264 g/mol. The highest BCUT2D eigenvalue weighted by Crippen LogP contribution is 2.34. The Bertz CT molecular complexity index is 417. The Morgan fingerprint density at radius 3 is 2.33 bits per heavy atom. The van der Waals surface area contributed by atoms with Crippen LogP contribution in [0.4, 0.5) is 0 Å². The van der Waals surface area contributed by atoms with Crippen molar-refractivity contribution in [2.75, 3.05) is 33.4 Å². The Morgan fingerprint density at radius 2 is 1.76 bits per heavy atom. The minimum atomic E-state index is -0.135. The van der Waals surface area contributed by atoms with Crippen LogP contribution in [0, 0.1) is 0 Å². The van der Waals surface area contributed by atoms with Crippen LogP contribution in [-0.4, -0.2) is 43.9 Å². The van der Waals surface area contributed by atoms with Crippen LogP contribution in [0.3, 0.4) is 0 Å². The minimum Gasteiger partial charge on any atom is -0.491 e. The molecule has 120 valence electrons. The van der Waals surface area contributed by atoms with E-state index >= 15 is 0 Å². The Labute approximate surface area is 129 Å². The van der Waals surface area contributed by atoms with Crippen molar-refractivity contribution in [1.29, 1.82) is 0 Å². The van der Waals surface area contributed by atoms with Gasteiger partial charge in [0.05, 0.1) is 12.6 Å². The van der Waals surface area contributed by atoms with Gasteiger partial charge in [0.2, 0.25) is 0 Å². The van der Waals surface area contributed by atoms with E-state index in [-0.39, 0.29) is 11.6 Å². The molecule has 0 aliphatic carbocycles. The van der Waals surface area contributed by atoms with E-state index in [0.717, 1.165) is 24.4 Å². The largest absolute Gasteiger partial charge is 0.491 e. The van der Waals surface area contributed by atoms with Gasteiger partial charge in [-0.15, -0.1) is 0 Å². The van der Waals surface area contributed by atoms with Crippen molar-refractivity contribution >= 4 is 0 Å². The van der Waals surface area contributed by atoms with Crippen LogP contribution < -0.4 is 10.5 Å². The van der Waals surface area contributed by atoms with E-state index in [4.69, 9.17) is 15.2 Å². The van der Waals surface area contributed by atoms with Crippen molar-refractivity contribution in [3.63, 3.8) is 0 Å². The molecule has 4 heteroatoms. The van der Waals surface area contributed by atoms with E-state index in [1.165, 1.54) is 0 Å². The summed E-state index contributed by atoms with van der Waals surface area (Å²) < 4.78 is 10.9. The monoisotopic (exact) mass is 294 g/mol. The van der Waals surface area contributed by atoms with Crippen molar-refractivity contribution < 1.29 is 9.47 Å². The van der Waals surface area contributed by atoms with Gasteiger partial charge in [0, 0.05) is 18.2 Å². The molecule has 0 radical (unpaired) electrons. The van der Waals surface area contributed by atoms with E-state index in [2.05, 4.69) is 38.7 Å². The first-order chi connectivity index (χ1) is 9.98. The second-order valence-electron chi connectivity index (χ2n) is 5.68. The van der Waals surface area contributed by atoms with Crippen LogP contribution in [0.15, 0.2) is 24.3 Å². The van der Waals surface area contributed by atoms with Crippen LogP contribution in [0.2, 0.25) is 0 Å². The third kappa shape index (κ3) is 4.43. The average molecular weight is 294 g/mol. The normalized spacial score (nSPS) is 13.5. The molecule has 2 N–H and O–H groups in total. The van der Waals surface area contributed by atoms with E-state index < -0.39 is 0 Å². The Morgan fingerprint density at radius 1 is 1.14 bits per heavy atom. The zero-order valence-corrected chi connectivity index (χ0v) is 14.1. The lowest BCUT2D eigenvalue weighted by atomic mass is 9.87. The molecule has 0 amide bonds. The lowest BCUT2D eigenvalue weighted by Crippen LogP contribution is -2.51. The van der Waals surface area contributed by atoms with Gasteiger partial charge >= 0.3 is 0 Å². The van der Waals surface area contributed by atoms with Crippen LogP contribution >= 0.6 is 0 Å². The second-order valence-corrected chi connectivity index (χ2v) is 5.68. The number of methoxy groups -OCH3 is 1. The highest BCUT2D eigenvalue weighted by molar-refractivity contribution is 5.37. The van der Waals surface area contributed by atoms with Crippen molar-refractivity contribution in [2.45, 2.75) is 39.3 Å². The minimum absolute atomic E-state index is 0.115. The summed E-state index contributed by atoms with van der Waals surface area (Å²) in [6, 6.07) is 7.90. The summed E-state index contributed by atoms with van der Waals surface area (Å²) in [5.41, 5.74) is 7.49. The predicted octanol–water partition coefficient (Wildman–Crippen LogP) is 2.83. The van der Waals surface area contributed by atoms with Crippen molar-refractivity contribution in [3.05, 3.63) is 29.8 Å². The van der Waals surface area contributed by atoms with Gasteiger partial charge in [0.25, 0.3) is 0 Å². The smallest absolute Gasteiger partial charge is 0.124 e. The zero-order valence-electron chi connectivity index (χ0n) is 14.1. The molecule has 1 unspecified atom stereocenters. The first kappa shape index (κ1) is 18.0. The molecule has 1 aromatic rings. The quantitative estimate of drug-likeness (QED) is 0.712. The van der Waals surface area contributed by atoms with Crippen LogP contribution in [0.25, 0.3) is 0 Å². The molecule has 4 nitrogen and oxygen atoms in total. The zero-order chi connectivity index (χ0) is 15.9. The molecule has 0 saturated carbocycles. The maximum absolute atomic E-state index is 6.58. The molecule has 1 aromatic carbocycles. The number of benzene rings is 1. The number of rotatable bonds is 9. The number of ether oxygens (including phenoxy) is 2. The Hall–Kier alpha value is -1.10. The first-order valence-electron chi connectivity index (χ1n) is 7.70. The molecule has 21 heavy (non-hydrogen) atoms. The molecule has 0 aliphatic rings. The van der Waals surface area contributed by atoms with Gasteiger partial charge in [0.15, 0.2) is 0 Å². The number of hydrogen-bond donors (Lipinski definition) is 1. The number of nitrogens with zero attached hydrogens (tertiary/aromatic N) is 1. The molecular formula is C17H30N2O2. The van der Waals surface area contributed by atoms with Crippen molar-refractivity contribution in [2.24, 2.45) is 5.73 Å². The second kappa shape index (κ2) is 8.37. The molecule has 1 atom stereocenters. The maximum Gasteiger partial charge on any atom is 0.124 e. The summed E-state index contributed by atoms with van der Waals surface area (Å²) in [7, 11) is 1.67. The standard InChI is InChI=1S/C17H30N2O2/c1-6-19(7-2)17(3,4)16(18)14-10-8-9-11-15(14)21-13-12-20-5/h8-11,16H,6-7,12-13,18H2,1-5H3. The molecule has 0 spiro atoms. The van der Waals surface area contributed by atoms with Crippen molar-refractivity contribution in [1.82, 2.24) is 4.90 Å². The van der Waals surface area contributed by atoms with Crippen LogP contribution in [-0.2, 0) is 4.74 Å². The fourth-order valence-electron chi connectivity index (χ4n) is 2.72. The molecule has 1 rings (SSSR count). The average Bonchev–Trinajstić information content (AvgIpc) is 2.48.